The molecule has 0 aliphatic carbocycles. The van der Waals surface area contributed by atoms with E-state index in [2.05, 4.69) is 20.7 Å². The van der Waals surface area contributed by atoms with Crippen molar-refractivity contribution in [2.24, 2.45) is 5.84 Å². The van der Waals surface area contributed by atoms with E-state index < -0.39 is 4.92 Å². The molecule has 0 bridgehead atoms. The lowest BCUT2D eigenvalue weighted by molar-refractivity contribution is -0.384. The maximum absolute atomic E-state index is 10.7. The number of nitrogen functional groups attached to an aromatic ring is 1. The largest absolute Gasteiger partial charge is 0.396 e. The summed E-state index contributed by atoms with van der Waals surface area (Å²) in [6.45, 7) is 1.76. The molecular formula is C8H14N6O3. The highest BCUT2D eigenvalue weighted by Gasteiger charge is 2.18. The van der Waals surface area contributed by atoms with E-state index in [9.17, 15) is 10.1 Å². The van der Waals surface area contributed by atoms with Crippen LogP contribution in [0.25, 0.3) is 0 Å². The normalized spacial score (nSPS) is 11.9. The fourth-order valence-electron chi connectivity index (χ4n) is 1.18. The van der Waals surface area contributed by atoms with Crippen LogP contribution in [0.15, 0.2) is 6.20 Å². The Morgan fingerprint density at radius 1 is 1.71 bits per heavy atom. The monoisotopic (exact) mass is 242 g/mol. The zero-order chi connectivity index (χ0) is 12.8. The van der Waals surface area contributed by atoms with Gasteiger partial charge in [0.15, 0.2) is 0 Å². The van der Waals surface area contributed by atoms with E-state index >= 15 is 0 Å². The van der Waals surface area contributed by atoms with Crippen molar-refractivity contribution in [1.82, 2.24) is 9.97 Å². The number of nitrogens with two attached hydrogens (primary N) is 1. The molecule has 0 fully saturated rings. The van der Waals surface area contributed by atoms with Crippen LogP contribution in [0, 0.1) is 10.1 Å². The summed E-state index contributed by atoms with van der Waals surface area (Å²) in [5.41, 5.74) is 1.96. The van der Waals surface area contributed by atoms with Crippen LogP contribution in [-0.2, 0) is 0 Å². The fourth-order valence-corrected chi connectivity index (χ4v) is 1.18. The van der Waals surface area contributed by atoms with Gasteiger partial charge in [0, 0.05) is 12.6 Å². The zero-order valence-corrected chi connectivity index (χ0v) is 9.25. The maximum atomic E-state index is 10.7. The molecule has 94 valence electrons. The average molecular weight is 242 g/mol. The first-order valence-corrected chi connectivity index (χ1v) is 4.94. The maximum Gasteiger partial charge on any atom is 0.329 e. The zero-order valence-electron chi connectivity index (χ0n) is 9.25. The number of nitro groups is 1. The molecule has 0 aliphatic heterocycles. The Morgan fingerprint density at radius 3 is 2.94 bits per heavy atom. The Kier molecular flexibility index (Phi) is 4.55. The Balaban J connectivity index is 2.96. The minimum absolute atomic E-state index is 0.0188. The minimum atomic E-state index is -0.589. The fraction of sp³-hybridized carbons (Fsp3) is 0.500. The van der Waals surface area contributed by atoms with Crippen molar-refractivity contribution in [1.29, 1.82) is 0 Å². The second-order valence-electron chi connectivity index (χ2n) is 3.39. The summed E-state index contributed by atoms with van der Waals surface area (Å²) >= 11 is 0. The molecule has 1 aromatic rings. The summed E-state index contributed by atoms with van der Waals surface area (Å²) in [6.07, 6.45) is 1.52. The van der Waals surface area contributed by atoms with Gasteiger partial charge in [-0.3, -0.25) is 15.5 Å². The SMILES string of the molecule is CC(CCO)Nc1nc(NN)ncc1[N+](=O)[O-]. The molecule has 9 nitrogen and oxygen atoms in total. The van der Waals surface area contributed by atoms with Crippen molar-refractivity contribution in [2.75, 3.05) is 17.3 Å². The highest BCUT2D eigenvalue weighted by molar-refractivity contribution is 5.57. The Morgan fingerprint density at radius 2 is 2.41 bits per heavy atom. The molecule has 9 heteroatoms. The van der Waals surface area contributed by atoms with Crippen LogP contribution in [0.4, 0.5) is 17.5 Å². The van der Waals surface area contributed by atoms with Crippen LogP contribution < -0.4 is 16.6 Å². The second-order valence-corrected chi connectivity index (χ2v) is 3.39. The van der Waals surface area contributed by atoms with Crippen LogP contribution in [0.1, 0.15) is 13.3 Å². The lowest BCUT2D eigenvalue weighted by Crippen LogP contribution is -2.20. The molecule has 0 aromatic carbocycles. The van der Waals surface area contributed by atoms with E-state index in [0.29, 0.717) is 6.42 Å². The van der Waals surface area contributed by atoms with Gasteiger partial charge in [0.1, 0.15) is 6.20 Å². The summed E-state index contributed by atoms with van der Waals surface area (Å²) < 4.78 is 0. The van der Waals surface area contributed by atoms with Crippen LogP contribution in [0.2, 0.25) is 0 Å². The predicted octanol–water partition coefficient (Wildman–Crippen LogP) is -0.147. The number of hydrazine groups is 1. The summed E-state index contributed by atoms with van der Waals surface area (Å²) in [5, 5.41) is 22.3. The molecule has 0 spiro atoms. The van der Waals surface area contributed by atoms with Gasteiger partial charge < -0.3 is 10.4 Å². The quantitative estimate of drug-likeness (QED) is 0.307. The van der Waals surface area contributed by atoms with Crippen LogP contribution >= 0.6 is 0 Å². The van der Waals surface area contributed by atoms with Gasteiger partial charge in [-0.25, -0.2) is 10.8 Å². The van der Waals surface area contributed by atoms with Crippen molar-refractivity contribution in [2.45, 2.75) is 19.4 Å². The van der Waals surface area contributed by atoms with Gasteiger partial charge in [-0.1, -0.05) is 0 Å². The van der Waals surface area contributed by atoms with Crippen LogP contribution in [0.3, 0.4) is 0 Å². The second kappa shape index (κ2) is 5.92. The number of aromatic nitrogens is 2. The average Bonchev–Trinajstić information content (AvgIpc) is 2.28. The first-order chi connectivity index (χ1) is 8.08. The predicted molar refractivity (Wildman–Crippen MR) is 61.3 cm³/mol. The van der Waals surface area contributed by atoms with E-state index in [4.69, 9.17) is 10.9 Å². The molecule has 5 N–H and O–H groups in total. The molecule has 1 rings (SSSR count). The van der Waals surface area contributed by atoms with Crippen LogP contribution in [0.5, 0.6) is 0 Å². The van der Waals surface area contributed by atoms with Gasteiger partial charge in [0.05, 0.1) is 4.92 Å². The molecule has 0 aliphatic rings. The van der Waals surface area contributed by atoms with E-state index in [0.717, 1.165) is 6.20 Å². The topological polar surface area (TPSA) is 139 Å². The molecule has 1 atom stereocenters. The number of rotatable bonds is 6. The van der Waals surface area contributed by atoms with Gasteiger partial charge in [0.2, 0.25) is 11.8 Å². The summed E-state index contributed by atoms with van der Waals surface area (Å²) in [7, 11) is 0. The summed E-state index contributed by atoms with van der Waals surface area (Å²) in [6, 6.07) is -0.153. The van der Waals surface area contributed by atoms with Crippen molar-refractivity contribution < 1.29 is 10.0 Å². The minimum Gasteiger partial charge on any atom is -0.396 e. The number of nitrogens with zero attached hydrogens (tertiary/aromatic N) is 3. The van der Waals surface area contributed by atoms with Gasteiger partial charge in [-0.2, -0.15) is 4.98 Å². The first kappa shape index (κ1) is 13.1. The summed E-state index contributed by atoms with van der Waals surface area (Å²) in [4.78, 5) is 17.7. The van der Waals surface area contributed by atoms with Gasteiger partial charge in [-0.05, 0) is 13.3 Å². The number of aliphatic hydroxyl groups excluding tert-OH is 1. The smallest absolute Gasteiger partial charge is 0.329 e. The Labute approximate surface area is 97.2 Å². The number of aliphatic hydroxyl groups is 1. The Bertz CT molecular complexity index is 399. The van der Waals surface area contributed by atoms with Crippen molar-refractivity contribution in [3.05, 3.63) is 16.3 Å². The standard InChI is InChI=1S/C8H14N6O3/c1-5(2-3-15)11-7-6(14(16)17)4-10-8(12-7)13-9/h4-5,15H,2-3,9H2,1H3,(H2,10,11,12,13). The molecule has 0 saturated carbocycles. The molecule has 0 saturated heterocycles. The van der Waals surface area contributed by atoms with E-state index in [1.54, 1.807) is 6.92 Å². The lowest BCUT2D eigenvalue weighted by Gasteiger charge is -2.13. The Hall–Kier alpha value is -2.00. The summed E-state index contributed by atoms with van der Waals surface area (Å²) in [5.74, 6) is 5.27. The van der Waals surface area contributed by atoms with E-state index in [1.807, 2.05) is 0 Å². The molecule has 17 heavy (non-hydrogen) atoms. The van der Waals surface area contributed by atoms with Crippen molar-refractivity contribution in [3.8, 4) is 0 Å². The molecular weight excluding hydrogens is 228 g/mol. The number of hydrogen-bond acceptors (Lipinski definition) is 8. The molecule has 0 amide bonds. The van der Waals surface area contributed by atoms with Crippen molar-refractivity contribution in [3.63, 3.8) is 0 Å². The van der Waals surface area contributed by atoms with E-state index in [-0.39, 0.29) is 30.1 Å². The third-order valence-corrected chi connectivity index (χ3v) is 2.04. The van der Waals surface area contributed by atoms with Crippen molar-refractivity contribution >= 4 is 17.5 Å². The first-order valence-electron chi connectivity index (χ1n) is 4.94. The van der Waals surface area contributed by atoms with Gasteiger partial charge >= 0.3 is 5.69 Å². The van der Waals surface area contributed by atoms with Gasteiger partial charge in [0.25, 0.3) is 0 Å². The molecule has 0 radical (unpaired) electrons. The third kappa shape index (κ3) is 3.50. The highest BCUT2D eigenvalue weighted by atomic mass is 16.6. The highest BCUT2D eigenvalue weighted by Crippen LogP contribution is 2.22. The van der Waals surface area contributed by atoms with Gasteiger partial charge in [-0.15, -0.1) is 0 Å². The molecule has 1 aromatic heterocycles. The van der Waals surface area contributed by atoms with Crippen LogP contribution in [-0.4, -0.2) is 32.6 Å². The molecule has 1 unspecified atom stereocenters. The number of nitrogens with one attached hydrogen (secondary N) is 2. The molecule has 1 heterocycles. The number of anilines is 2. The lowest BCUT2D eigenvalue weighted by atomic mass is 10.2. The third-order valence-electron chi connectivity index (χ3n) is 2.04. The van der Waals surface area contributed by atoms with E-state index in [1.165, 1.54) is 0 Å². The number of hydrogen-bond donors (Lipinski definition) is 4.